The van der Waals surface area contributed by atoms with Gasteiger partial charge in [-0.2, -0.15) is 9.78 Å². The summed E-state index contributed by atoms with van der Waals surface area (Å²) in [7, 11) is -4.17. The molecule has 0 amide bonds. The van der Waals surface area contributed by atoms with Crippen molar-refractivity contribution in [1.82, 2.24) is 9.78 Å². The van der Waals surface area contributed by atoms with E-state index in [1.165, 1.54) is 11.6 Å². The number of non-ortho nitro benzene ring substituents is 1. The standard InChI is InChI=1S/C19H17N3O6S/c1-3-17(23)28-19-18(13(2)20-21(19)14-7-5-4-6-8-14)29(26,27)16-11-9-15(10-12-16)22(24)25/h4-12H,3H2,1-2H3. The summed E-state index contributed by atoms with van der Waals surface area (Å²) in [5, 5.41) is 15.1. The first-order valence-corrected chi connectivity index (χ1v) is 10.1. The molecule has 0 saturated carbocycles. The summed E-state index contributed by atoms with van der Waals surface area (Å²) in [4.78, 5) is 21.8. The van der Waals surface area contributed by atoms with Gasteiger partial charge >= 0.3 is 5.97 Å². The minimum Gasteiger partial charge on any atom is -0.406 e. The highest BCUT2D eigenvalue weighted by Gasteiger charge is 2.32. The summed E-state index contributed by atoms with van der Waals surface area (Å²) in [5.41, 5.74) is 0.407. The maximum atomic E-state index is 13.3. The van der Waals surface area contributed by atoms with Crippen molar-refractivity contribution in [2.45, 2.75) is 30.1 Å². The zero-order chi connectivity index (χ0) is 21.2. The molecule has 150 valence electrons. The maximum absolute atomic E-state index is 13.3. The number of rotatable bonds is 6. The Bertz CT molecular complexity index is 1170. The molecular weight excluding hydrogens is 398 g/mol. The van der Waals surface area contributed by atoms with Crippen molar-refractivity contribution >= 4 is 21.5 Å². The molecule has 0 aliphatic rings. The van der Waals surface area contributed by atoms with Crippen LogP contribution in [0.4, 0.5) is 5.69 Å². The monoisotopic (exact) mass is 415 g/mol. The van der Waals surface area contributed by atoms with Crippen LogP contribution < -0.4 is 4.74 Å². The van der Waals surface area contributed by atoms with Gasteiger partial charge in [-0.25, -0.2) is 8.42 Å². The lowest BCUT2D eigenvalue weighted by Crippen LogP contribution is -2.13. The number of esters is 1. The van der Waals surface area contributed by atoms with Crippen LogP contribution in [0.5, 0.6) is 5.88 Å². The Balaban J connectivity index is 2.20. The van der Waals surface area contributed by atoms with Gasteiger partial charge < -0.3 is 4.74 Å². The van der Waals surface area contributed by atoms with Crippen LogP contribution in [0.2, 0.25) is 0 Å². The van der Waals surface area contributed by atoms with Crippen molar-refractivity contribution in [3.05, 3.63) is 70.4 Å². The van der Waals surface area contributed by atoms with Crippen molar-refractivity contribution in [1.29, 1.82) is 0 Å². The fourth-order valence-corrected chi connectivity index (χ4v) is 4.20. The van der Waals surface area contributed by atoms with Crippen molar-refractivity contribution in [3.63, 3.8) is 0 Å². The summed E-state index contributed by atoms with van der Waals surface area (Å²) in [6, 6.07) is 13.1. The normalized spacial score (nSPS) is 11.2. The number of carbonyl (C=O) groups excluding carboxylic acids is 1. The highest BCUT2D eigenvalue weighted by Crippen LogP contribution is 2.35. The molecule has 0 atom stereocenters. The van der Waals surface area contributed by atoms with Crippen LogP contribution >= 0.6 is 0 Å². The van der Waals surface area contributed by atoms with Crippen LogP contribution in [0.3, 0.4) is 0 Å². The third kappa shape index (κ3) is 3.87. The highest BCUT2D eigenvalue weighted by atomic mass is 32.2. The van der Waals surface area contributed by atoms with Crippen LogP contribution in [-0.4, -0.2) is 29.1 Å². The van der Waals surface area contributed by atoms with Crippen molar-refractivity contribution < 1.29 is 22.9 Å². The molecule has 3 rings (SSSR count). The molecule has 0 aliphatic heterocycles. The first kappa shape index (κ1) is 20.2. The summed E-state index contributed by atoms with van der Waals surface area (Å²) >= 11 is 0. The van der Waals surface area contributed by atoms with Gasteiger partial charge in [-0.05, 0) is 31.2 Å². The second kappa shape index (κ2) is 7.84. The number of hydrogen-bond acceptors (Lipinski definition) is 7. The van der Waals surface area contributed by atoms with Gasteiger partial charge in [0.05, 0.1) is 21.2 Å². The number of carbonyl (C=O) groups is 1. The third-order valence-corrected chi connectivity index (χ3v) is 5.99. The Morgan fingerprint density at radius 1 is 1.14 bits per heavy atom. The van der Waals surface area contributed by atoms with E-state index in [0.717, 1.165) is 24.3 Å². The topological polar surface area (TPSA) is 121 Å². The lowest BCUT2D eigenvalue weighted by Gasteiger charge is -2.10. The highest BCUT2D eigenvalue weighted by molar-refractivity contribution is 7.91. The van der Waals surface area contributed by atoms with Gasteiger partial charge in [0, 0.05) is 18.6 Å². The maximum Gasteiger partial charge on any atom is 0.312 e. The van der Waals surface area contributed by atoms with E-state index in [-0.39, 0.29) is 33.5 Å². The van der Waals surface area contributed by atoms with Gasteiger partial charge in [-0.3, -0.25) is 14.9 Å². The van der Waals surface area contributed by atoms with E-state index < -0.39 is 20.7 Å². The fourth-order valence-electron chi connectivity index (χ4n) is 2.68. The molecule has 1 aromatic heterocycles. The molecule has 0 aliphatic carbocycles. The summed E-state index contributed by atoms with van der Waals surface area (Å²) in [5.74, 6) is -0.846. The van der Waals surface area contributed by atoms with E-state index in [1.54, 1.807) is 37.3 Å². The summed E-state index contributed by atoms with van der Waals surface area (Å²) in [6.45, 7) is 3.07. The van der Waals surface area contributed by atoms with Crippen LogP contribution in [0, 0.1) is 17.0 Å². The van der Waals surface area contributed by atoms with E-state index in [0.29, 0.717) is 5.69 Å². The van der Waals surface area contributed by atoms with E-state index in [2.05, 4.69) is 5.10 Å². The quantitative estimate of drug-likeness (QED) is 0.344. The molecular formula is C19H17N3O6S. The Kier molecular flexibility index (Phi) is 5.46. The van der Waals surface area contributed by atoms with Crippen LogP contribution in [0.25, 0.3) is 5.69 Å². The van der Waals surface area contributed by atoms with Gasteiger partial charge in [0.15, 0.2) is 4.90 Å². The molecule has 1 heterocycles. The molecule has 0 radical (unpaired) electrons. The minimum atomic E-state index is -4.17. The molecule has 10 heteroatoms. The zero-order valence-electron chi connectivity index (χ0n) is 15.6. The Morgan fingerprint density at radius 3 is 2.31 bits per heavy atom. The minimum absolute atomic E-state index is 0.0377. The number of nitro benzene ring substituents is 1. The second-order valence-electron chi connectivity index (χ2n) is 6.05. The Hall–Kier alpha value is -3.53. The number of aryl methyl sites for hydroxylation is 1. The van der Waals surface area contributed by atoms with E-state index in [4.69, 9.17) is 4.74 Å². The van der Waals surface area contributed by atoms with E-state index >= 15 is 0 Å². The number of aromatic nitrogens is 2. The number of nitrogens with zero attached hydrogens (tertiary/aromatic N) is 3. The molecule has 0 N–H and O–H groups in total. The largest absolute Gasteiger partial charge is 0.406 e. The molecule has 9 nitrogen and oxygen atoms in total. The number of hydrogen-bond donors (Lipinski definition) is 0. The molecule has 0 spiro atoms. The number of sulfone groups is 1. The lowest BCUT2D eigenvalue weighted by molar-refractivity contribution is -0.384. The molecule has 0 fully saturated rings. The third-order valence-electron chi connectivity index (χ3n) is 4.09. The van der Waals surface area contributed by atoms with Crippen LogP contribution in [-0.2, 0) is 14.6 Å². The first-order chi connectivity index (χ1) is 13.8. The lowest BCUT2D eigenvalue weighted by atomic mass is 10.3. The van der Waals surface area contributed by atoms with Gasteiger partial charge in [0.25, 0.3) is 5.69 Å². The number of para-hydroxylation sites is 1. The fraction of sp³-hybridized carbons (Fsp3) is 0.158. The van der Waals surface area contributed by atoms with Crippen molar-refractivity contribution in [2.24, 2.45) is 0 Å². The summed E-state index contributed by atoms with van der Waals surface area (Å²) in [6.07, 6.45) is 0.0377. The molecule has 0 bridgehead atoms. The SMILES string of the molecule is CCC(=O)Oc1c(S(=O)(=O)c2ccc([N+](=O)[O-])cc2)c(C)nn1-c1ccccc1. The first-order valence-electron chi connectivity index (χ1n) is 8.61. The zero-order valence-corrected chi connectivity index (χ0v) is 16.4. The predicted molar refractivity (Wildman–Crippen MR) is 103 cm³/mol. The Morgan fingerprint density at radius 2 is 1.76 bits per heavy atom. The summed E-state index contributed by atoms with van der Waals surface area (Å²) < 4.78 is 33.1. The molecule has 0 unspecified atom stereocenters. The van der Waals surface area contributed by atoms with Crippen LogP contribution in [0.15, 0.2) is 64.4 Å². The molecule has 3 aromatic rings. The van der Waals surface area contributed by atoms with E-state index in [1.807, 2.05) is 0 Å². The predicted octanol–water partition coefficient (Wildman–Crippen LogP) is 3.24. The molecule has 2 aromatic carbocycles. The second-order valence-corrected chi connectivity index (χ2v) is 7.94. The van der Waals surface area contributed by atoms with Gasteiger partial charge in [-0.15, -0.1) is 0 Å². The van der Waals surface area contributed by atoms with Crippen molar-refractivity contribution in [3.8, 4) is 11.6 Å². The average Bonchev–Trinajstić information content (AvgIpc) is 3.05. The average molecular weight is 415 g/mol. The number of benzene rings is 2. The molecule has 0 saturated heterocycles. The van der Waals surface area contributed by atoms with E-state index in [9.17, 15) is 23.3 Å². The molecule has 29 heavy (non-hydrogen) atoms. The van der Waals surface area contributed by atoms with Crippen LogP contribution in [0.1, 0.15) is 19.0 Å². The Labute approximate surface area is 166 Å². The van der Waals surface area contributed by atoms with Gasteiger partial charge in [0.2, 0.25) is 15.7 Å². The van der Waals surface area contributed by atoms with Gasteiger partial charge in [-0.1, -0.05) is 25.1 Å². The number of ether oxygens (including phenoxy) is 1. The van der Waals surface area contributed by atoms with Gasteiger partial charge in [0.1, 0.15) is 0 Å². The smallest absolute Gasteiger partial charge is 0.312 e. The van der Waals surface area contributed by atoms with Crippen molar-refractivity contribution in [2.75, 3.05) is 0 Å². The number of nitro groups is 1.